The van der Waals surface area contributed by atoms with Crippen molar-refractivity contribution in [2.45, 2.75) is 142 Å². The Hall–Kier alpha value is -0.0900. The van der Waals surface area contributed by atoms with E-state index in [0.29, 0.717) is 0 Å². The summed E-state index contributed by atoms with van der Waals surface area (Å²) in [6.45, 7) is 9.24. The number of rotatable bonds is 20. The van der Waals surface area contributed by atoms with Gasteiger partial charge in [-0.05, 0) is 49.8 Å². The third-order valence-electron chi connectivity index (χ3n) is 5.35. The summed E-state index contributed by atoms with van der Waals surface area (Å²) in [6.07, 6.45) is 32.1. The van der Waals surface area contributed by atoms with Crippen LogP contribution in [0, 0.1) is 0 Å². The highest BCUT2D eigenvalue weighted by atomic mass is 31.1. The van der Waals surface area contributed by atoms with Crippen LogP contribution in [0.2, 0.25) is 0 Å². The Labute approximate surface area is 174 Å². The van der Waals surface area contributed by atoms with Crippen LogP contribution in [-0.4, -0.2) is 11.3 Å². The van der Waals surface area contributed by atoms with Crippen LogP contribution in [0.4, 0.5) is 0 Å². The molecule has 2 unspecified atom stereocenters. The summed E-state index contributed by atoms with van der Waals surface area (Å²) in [5.74, 6) is 0. The predicted octanol–water partition coefficient (Wildman–Crippen LogP) is 9.84. The Kier molecular flexibility index (Phi) is 22.1. The Balaban J connectivity index is 4.63. The molecule has 0 amide bonds. The molecule has 0 saturated carbocycles. The van der Waals surface area contributed by atoms with Gasteiger partial charge in [-0.2, -0.15) is 0 Å². The summed E-state index contributed by atoms with van der Waals surface area (Å²) in [6, 6.07) is 0. The van der Waals surface area contributed by atoms with Gasteiger partial charge < -0.3 is 0 Å². The number of hydrogen-bond acceptors (Lipinski definition) is 0. The van der Waals surface area contributed by atoms with Crippen LogP contribution in [0.5, 0.6) is 0 Å². The average molecular weight is 395 g/mol. The highest BCUT2D eigenvalue weighted by molar-refractivity contribution is 7.40. The second-order valence-corrected chi connectivity index (χ2v) is 10.0. The first-order valence-corrected chi connectivity index (χ1v) is 13.5. The lowest BCUT2D eigenvalue weighted by Crippen LogP contribution is -2.05. The first kappa shape index (κ1) is 26.9. The fraction of sp³-hybridized carbons (Fsp3) is 0.846. The molecule has 0 aliphatic carbocycles. The lowest BCUT2D eigenvalue weighted by molar-refractivity contribution is 0.663. The van der Waals surface area contributed by atoms with Gasteiger partial charge in [-0.25, -0.2) is 0 Å². The van der Waals surface area contributed by atoms with Crippen LogP contribution in [0.3, 0.4) is 0 Å². The van der Waals surface area contributed by atoms with Crippen molar-refractivity contribution in [3.63, 3.8) is 0 Å². The monoisotopic (exact) mass is 394 g/mol. The van der Waals surface area contributed by atoms with Gasteiger partial charge in [-0.1, -0.05) is 116 Å². The number of hydrogen-bond donors (Lipinski definition) is 0. The van der Waals surface area contributed by atoms with Gasteiger partial charge in [0.1, 0.15) is 0 Å². The minimum absolute atomic E-state index is 0.824. The van der Waals surface area contributed by atoms with Gasteiger partial charge in [-0.15, -0.1) is 8.58 Å². The molecule has 27 heavy (non-hydrogen) atoms. The van der Waals surface area contributed by atoms with E-state index in [4.69, 9.17) is 0 Å². The van der Waals surface area contributed by atoms with Crippen molar-refractivity contribution in [2.75, 3.05) is 0 Å². The molecule has 0 aliphatic heterocycles. The largest absolute Gasteiger partial charge is 0.108 e. The Morgan fingerprint density at radius 2 is 0.889 bits per heavy atom. The highest BCUT2D eigenvalue weighted by Crippen LogP contribution is 2.34. The first-order valence-electron chi connectivity index (χ1n) is 12.4. The van der Waals surface area contributed by atoms with E-state index in [1.165, 1.54) is 103 Å². The van der Waals surface area contributed by atoms with E-state index in [2.05, 4.69) is 52.0 Å². The van der Waals surface area contributed by atoms with Gasteiger partial charge in [0.25, 0.3) is 0 Å². The van der Waals surface area contributed by atoms with Crippen molar-refractivity contribution >= 4 is 8.58 Å². The molecule has 0 aromatic heterocycles. The molecule has 0 fully saturated rings. The van der Waals surface area contributed by atoms with E-state index in [1.807, 2.05) is 0 Å². The minimum Gasteiger partial charge on any atom is -0.108 e. The zero-order valence-corrected chi connectivity index (χ0v) is 20.3. The van der Waals surface area contributed by atoms with Crippen molar-refractivity contribution < 1.29 is 0 Å². The quantitative estimate of drug-likeness (QED) is 0.109. The van der Waals surface area contributed by atoms with Gasteiger partial charge >= 0.3 is 0 Å². The third-order valence-corrected chi connectivity index (χ3v) is 7.17. The van der Waals surface area contributed by atoms with Gasteiger partial charge in [0, 0.05) is 0 Å². The molecule has 0 N–H and O–H groups in total. The van der Waals surface area contributed by atoms with E-state index in [0.717, 1.165) is 19.9 Å². The van der Waals surface area contributed by atoms with Gasteiger partial charge in [0.2, 0.25) is 0 Å². The van der Waals surface area contributed by atoms with Crippen molar-refractivity contribution in [1.29, 1.82) is 0 Å². The van der Waals surface area contributed by atoms with E-state index in [1.54, 1.807) is 0 Å². The van der Waals surface area contributed by atoms with Crippen LogP contribution < -0.4 is 0 Å². The maximum atomic E-state index is 2.60. The minimum atomic E-state index is 0.824. The van der Waals surface area contributed by atoms with Crippen LogP contribution >= 0.6 is 8.58 Å². The molecule has 0 bridgehead atoms. The summed E-state index contributed by atoms with van der Waals surface area (Å²) < 4.78 is 0. The Bertz CT molecular complexity index is 299. The molecule has 2 atom stereocenters. The maximum Gasteiger partial charge on any atom is -0.00519 e. The van der Waals surface area contributed by atoms with Crippen molar-refractivity contribution in [3.8, 4) is 0 Å². The van der Waals surface area contributed by atoms with Crippen LogP contribution in [0.1, 0.15) is 130 Å². The van der Waals surface area contributed by atoms with Crippen molar-refractivity contribution in [2.24, 2.45) is 0 Å². The molecule has 160 valence electrons. The third kappa shape index (κ3) is 19.0. The Morgan fingerprint density at radius 1 is 0.519 bits per heavy atom. The topological polar surface area (TPSA) is 0 Å². The summed E-state index contributed by atoms with van der Waals surface area (Å²) >= 11 is 0. The fourth-order valence-corrected chi connectivity index (χ4v) is 5.30. The zero-order valence-electron chi connectivity index (χ0n) is 19.3. The standard InChI is InChI=1S/C26H51P/c1-5-9-13-15-19-23-25(21-17-11-7-3)27-26(22-18-12-8-4)24-20-16-14-10-6-2/h19-20,23-27H,5-18,21-22H2,1-4H3. The first-order chi connectivity index (χ1) is 13.3. The summed E-state index contributed by atoms with van der Waals surface area (Å²) in [7, 11) is 1.09. The lowest BCUT2D eigenvalue weighted by atomic mass is 10.1. The summed E-state index contributed by atoms with van der Waals surface area (Å²) in [5.41, 5.74) is 1.65. The second-order valence-electron chi connectivity index (χ2n) is 8.22. The maximum absolute atomic E-state index is 2.60. The summed E-state index contributed by atoms with van der Waals surface area (Å²) in [4.78, 5) is 0. The van der Waals surface area contributed by atoms with Crippen LogP contribution in [0.15, 0.2) is 24.3 Å². The molecule has 0 spiro atoms. The highest BCUT2D eigenvalue weighted by Gasteiger charge is 2.12. The van der Waals surface area contributed by atoms with Gasteiger partial charge in [-0.3, -0.25) is 0 Å². The average Bonchev–Trinajstić information content (AvgIpc) is 2.67. The molecule has 0 heterocycles. The Morgan fingerprint density at radius 3 is 1.26 bits per heavy atom. The molecule has 1 heteroatoms. The van der Waals surface area contributed by atoms with Crippen LogP contribution in [0.25, 0.3) is 0 Å². The van der Waals surface area contributed by atoms with Crippen LogP contribution in [-0.2, 0) is 0 Å². The molecule has 0 radical (unpaired) electrons. The molecular weight excluding hydrogens is 343 g/mol. The smallest absolute Gasteiger partial charge is 0.00519 e. The number of unbranched alkanes of at least 4 members (excludes halogenated alkanes) is 10. The molecular formula is C26H51P. The summed E-state index contributed by atoms with van der Waals surface area (Å²) in [5, 5.41) is 0. The molecule has 0 aliphatic rings. The van der Waals surface area contributed by atoms with Gasteiger partial charge in [0.05, 0.1) is 0 Å². The van der Waals surface area contributed by atoms with E-state index in [-0.39, 0.29) is 0 Å². The zero-order chi connectivity index (χ0) is 20.0. The number of allylic oxidation sites excluding steroid dienone is 4. The van der Waals surface area contributed by atoms with Crippen molar-refractivity contribution in [1.82, 2.24) is 0 Å². The molecule has 0 nitrogen and oxygen atoms in total. The normalized spacial score (nSPS) is 14.8. The molecule has 0 saturated heterocycles. The molecule has 0 rings (SSSR count). The molecule has 0 aromatic carbocycles. The van der Waals surface area contributed by atoms with E-state index < -0.39 is 0 Å². The lowest BCUT2D eigenvalue weighted by Gasteiger charge is -2.20. The predicted molar refractivity (Wildman–Crippen MR) is 131 cm³/mol. The fourth-order valence-electron chi connectivity index (χ4n) is 3.52. The SMILES string of the molecule is CCCCCC=CC(CCCCC)PC(C=CCCCCC)CCCCC. The van der Waals surface area contributed by atoms with Crippen molar-refractivity contribution in [3.05, 3.63) is 24.3 Å². The second kappa shape index (κ2) is 22.2. The van der Waals surface area contributed by atoms with Gasteiger partial charge in [0.15, 0.2) is 0 Å². The molecule has 0 aromatic rings. The van der Waals surface area contributed by atoms with E-state index >= 15 is 0 Å². The van der Waals surface area contributed by atoms with E-state index in [9.17, 15) is 0 Å².